The average molecular weight is 576 g/mol. The molecule has 0 radical (unpaired) electrons. The second-order valence-electron chi connectivity index (χ2n) is 12.5. The zero-order valence-corrected chi connectivity index (χ0v) is 25.3. The van der Waals surface area contributed by atoms with Crippen molar-refractivity contribution in [3.05, 3.63) is 17.7 Å². The standard InChI is InChI=1S/C30H46N4O7/c1-6-7-11-31(13-9-14-34(2,3)4)27(36)19-33-17-22(21-15-24(39-5)29-25(16-21)40-20-41-29)28(30(37)38)23(33)18-32-12-8-10-26(32)35/h15-16,22-23,28H,6-14,17-20H2,1-5H3/p+1/t22-,23+,28?/m1/s1. The lowest BCUT2D eigenvalue weighted by molar-refractivity contribution is -0.870. The van der Waals surface area contributed by atoms with Crippen LogP contribution in [-0.4, -0.2) is 129 Å². The predicted molar refractivity (Wildman–Crippen MR) is 153 cm³/mol. The summed E-state index contributed by atoms with van der Waals surface area (Å²) in [5.74, 6) is -0.617. The summed E-state index contributed by atoms with van der Waals surface area (Å²) in [5.41, 5.74) is 0.761. The van der Waals surface area contributed by atoms with Gasteiger partial charge in [0.05, 0.1) is 47.3 Å². The first-order valence-corrected chi connectivity index (χ1v) is 14.8. The van der Waals surface area contributed by atoms with Crippen LogP contribution < -0.4 is 14.2 Å². The van der Waals surface area contributed by atoms with Gasteiger partial charge in [0.2, 0.25) is 24.4 Å². The molecule has 0 aliphatic carbocycles. The van der Waals surface area contributed by atoms with E-state index in [1.165, 1.54) is 0 Å². The van der Waals surface area contributed by atoms with Gasteiger partial charge in [0.25, 0.3) is 0 Å². The number of carboxylic acids is 1. The lowest BCUT2D eigenvalue weighted by Crippen LogP contribution is -2.49. The largest absolute Gasteiger partial charge is 0.493 e. The Balaban J connectivity index is 1.61. The molecule has 4 rings (SSSR count). The molecule has 41 heavy (non-hydrogen) atoms. The van der Waals surface area contributed by atoms with Gasteiger partial charge in [0.15, 0.2) is 11.5 Å². The molecule has 228 valence electrons. The maximum Gasteiger partial charge on any atom is 0.308 e. The highest BCUT2D eigenvalue weighted by Gasteiger charge is 2.49. The van der Waals surface area contributed by atoms with Gasteiger partial charge in [-0.05, 0) is 30.5 Å². The van der Waals surface area contributed by atoms with Gasteiger partial charge in [0.1, 0.15) is 0 Å². The summed E-state index contributed by atoms with van der Waals surface area (Å²) in [6.07, 6.45) is 4.03. The van der Waals surface area contributed by atoms with Gasteiger partial charge >= 0.3 is 5.97 Å². The van der Waals surface area contributed by atoms with Crippen LogP contribution in [-0.2, 0) is 14.4 Å². The lowest BCUT2D eigenvalue weighted by Gasteiger charge is -2.32. The molecule has 3 aliphatic rings. The number of fused-ring (bicyclic) bond motifs is 1. The van der Waals surface area contributed by atoms with E-state index in [1.807, 2.05) is 21.9 Å². The van der Waals surface area contributed by atoms with Crippen molar-refractivity contribution in [2.45, 2.75) is 51.0 Å². The summed E-state index contributed by atoms with van der Waals surface area (Å²) in [7, 11) is 7.97. The zero-order valence-electron chi connectivity index (χ0n) is 25.3. The van der Waals surface area contributed by atoms with Gasteiger partial charge in [-0.3, -0.25) is 19.3 Å². The van der Waals surface area contributed by atoms with Crippen LogP contribution in [0, 0.1) is 5.92 Å². The normalized spacial score (nSPS) is 22.4. The quantitative estimate of drug-likeness (QED) is 0.337. The van der Waals surface area contributed by atoms with Crippen LogP contribution in [0.2, 0.25) is 0 Å². The van der Waals surface area contributed by atoms with Gasteiger partial charge in [-0.1, -0.05) is 13.3 Å². The molecule has 2 amide bonds. The van der Waals surface area contributed by atoms with E-state index in [9.17, 15) is 19.5 Å². The fourth-order valence-electron chi connectivity index (χ4n) is 6.26. The lowest BCUT2D eigenvalue weighted by atomic mass is 9.84. The summed E-state index contributed by atoms with van der Waals surface area (Å²) in [6, 6.07) is 3.14. The number of carbonyl (C=O) groups is 3. The predicted octanol–water partition coefficient (Wildman–Crippen LogP) is 2.24. The molecule has 0 spiro atoms. The fraction of sp³-hybridized carbons (Fsp3) is 0.700. The molecule has 1 unspecified atom stereocenters. The van der Waals surface area contributed by atoms with E-state index in [-0.39, 0.29) is 31.7 Å². The Kier molecular flexibility index (Phi) is 10.0. The van der Waals surface area contributed by atoms with Crippen LogP contribution in [0.1, 0.15) is 50.5 Å². The molecule has 3 heterocycles. The Bertz CT molecular complexity index is 1110. The van der Waals surface area contributed by atoms with Gasteiger partial charge in [-0.25, -0.2) is 0 Å². The first kappa shape index (κ1) is 30.9. The second-order valence-corrected chi connectivity index (χ2v) is 12.5. The number of hydrogen-bond donors (Lipinski definition) is 1. The molecule has 1 N–H and O–H groups in total. The van der Waals surface area contributed by atoms with E-state index in [0.29, 0.717) is 49.8 Å². The number of aliphatic carboxylic acids is 1. The maximum atomic E-state index is 13.8. The molecule has 0 saturated carbocycles. The molecule has 1 aromatic rings. The molecule has 11 nitrogen and oxygen atoms in total. The van der Waals surface area contributed by atoms with Crippen molar-refractivity contribution in [1.29, 1.82) is 0 Å². The molecule has 1 aromatic carbocycles. The Hall–Kier alpha value is -3.05. The van der Waals surface area contributed by atoms with E-state index < -0.39 is 23.8 Å². The smallest absolute Gasteiger partial charge is 0.308 e. The van der Waals surface area contributed by atoms with E-state index in [2.05, 4.69) is 28.1 Å². The number of likely N-dealkylation sites (tertiary alicyclic amines) is 2. The van der Waals surface area contributed by atoms with Crippen LogP contribution in [0.5, 0.6) is 17.2 Å². The molecule has 3 aliphatic heterocycles. The third kappa shape index (κ3) is 7.43. The highest BCUT2D eigenvalue weighted by Crippen LogP contribution is 2.47. The Labute approximate surface area is 243 Å². The second kappa shape index (κ2) is 13.3. The molecular formula is C30H47N4O7+. The number of methoxy groups -OCH3 is 1. The van der Waals surface area contributed by atoms with Crippen LogP contribution in [0.15, 0.2) is 12.1 Å². The minimum Gasteiger partial charge on any atom is -0.493 e. The average Bonchev–Trinajstić information content (AvgIpc) is 3.64. The van der Waals surface area contributed by atoms with Gasteiger partial charge in [0, 0.05) is 57.5 Å². The number of unbranched alkanes of at least 4 members (excludes halogenated alkanes) is 1. The molecule has 11 heteroatoms. The van der Waals surface area contributed by atoms with Gasteiger partial charge in [-0.2, -0.15) is 0 Å². The summed E-state index contributed by atoms with van der Waals surface area (Å²) in [4.78, 5) is 44.9. The molecule has 0 aromatic heterocycles. The van der Waals surface area contributed by atoms with Crippen LogP contribution >= 0.6 is 0 Å². The minimum absolute atomic E-state index is 0.00524. The van der Waals surface area contributed by atoms with Crippen molar-refractivity contribution in [3.8, 4) is 17.2 Å². The zero-order chi connectivity index (χ0) is 29.7. The van der Waals surface area contributed by atoms with Crippen molar-refractivity contribution in [2.75, 3.05) is 80.9 Å². The van der Waals surface area contributed by atoms with Crippen LogP contribution in [0.25, 0.3) is 0 Å². The van der Waals surface area contributed by atoms with Crippen LogP contribution in [0.4, 0.5) is 0 Å². The number of amides is 2. The van der Waals surface area contributed by atoms with E-state index in [1.54, 1.807) is 12.0 Å². The molecule has 0 bridgehead atoms. The molecule has 2 fully saturated rings. The highest BCUT2D eigenvalue weighted by molar-refractivity contribution is 5.80. The van der Waals surface area contributed by atoms with E-state index in [0.717, 1.165) is 42.3 Å². The Morgan fingerprint density at radius 2 is 1.93 bits per heavy atom. The SMILES string of the molecule is CCCCN(CCC[N+](C)(C)C)C(=O)CN1C[C@H](c2cc(OC)c3c(c2)OCO3)C(C(=O)O)[C@@H]1CN1CCCC1=O. The topological polar surface area (TPSA) is 109 Å². The summed E-state index contributed by atoms with van der Waals surface area (Å²) < 4.78 is 17.5. The summed E-state index contributed by atoms with van der Waals surface area (Å²) >= 11 is 0. The van der Waals surface area contributed by atoms with Crippen molar-refractivity contribution in [1.82, 2.24) is 14.7 Å². The number of benzene rings is 1. The number of carbonyl (C=O) groups excluding carboxylic acids is 2. The van der Waals surface area contributed by atoms with E-state index in [4.69, 9.17) is 14.2 Å². The molecule has 3 atom stereocenters. The van der Waals surface area contributed by atoms with Crippen molar-refractivity contribution in [3.63, 3.8) is 0 Å². The minimum atomic E-state index is -0.941. The number of ether oxygens (including phenoxy) is 3. The third-order valence-electron chi connectivity index (χ3n) is 8.45. The maximum absolute atomic E-state index is 13.8. The summed E-state index contributed by atoms with van der Waals surface area (Å²) in [5, 5.41) is 10.5. The van der Waals surface area contributed by atoms with Crippen molar-refractivity contribution in [2.24, 2.45) is 5.92 Å². The third-order valence-corrected chi connectivity index (χ3v) is 8.45. The Morgan fingerprint density at radius 1 is 1.17 bits per heavy atom. The number of nitrogens with zero attached hydrogens (tertiary/aromatic N) is 4. The van der Waals surface area contributed by atoms with Crippen molar-refractivity contribution >= 4 is 17.8 Å². The monoisotopic (exact) mass is 575 g/mol. The van der Waals surface area contributed by atoms with Gasteiger partial charge in [-0.15, -0.1) is 0 Å². The first-order valence-electron chi connectivity index (χ1n) is 14.8. The number of quaternary nitrogens is 1. The first-order chi connectivity index (χ1) is 19.5. The van der Waals surface area contributed by atoms with E-state index >= 15 is 0 Å². The van der Waals surface area contributed by atoms with Gasteiger partial charge < -0.3 is 33.6 Å². The fourth-order valence-corrected chi connectivity index (χ4v) is 6.26. The Morgan fingerprint density at radius 3 is 2.56 bits per heavy atom. The number of rotatable bonds is 14. The number of carboxylic acid groups (broad SMARTS) is 1. The number of hydrogen-bond acceptors (Lipinski definition) is 7. The van der Waals surface area contributed by atoms with Crippen LogP contribution in [0.3, 0.4) is 0 Å². The molecular weight excluding hydrogens is 528 g/mol. The summed E-state index contributed by atoms with van der Waals surface area (Å²) in [6.45, 7) is 5.88. The highest BCUT2D eigenvalue weighted by atomic mass is 16.7. The molecule has 2 saturated heterocycles. The van der Waals surface area contributed by atoms with Crippen molar-refractivity contribution < 1.29 is 38.2 Å².